The van der Waals surface area contributed by atoms with Crippen LogP contribution in [-0.2, 0) is 0 Å². The topological polar surface area (TPSA) is 55.1 Å². The van der Waals surface area contributed by atoms with Gasteiger partial charge in [-0.3, -0.25) is 4.79 Å². The van der Waals surface area contributed by atoms with Crippen LogP contribution in [0.15, 0.2) is 18.2 Å². The first kappa shape index (κ1) is 14.2. The van der Waals surface area contributed by atoms with E-state index in [2.05, 4.69) is 19.2 Å². The molecule has 1 aromatic carbocycles. The molecular weight excluding hydrogens is 260 g/mol. The Labute approximate surface area is 119 Å². The van der Waals surface area contributed by atoms with Crippen LogP contribution < -0.4 is 11.1 Å². The summed E-state index contributed by atoms with van der Waals surface area (Å²) in [7, 11) is 0. The first-order valence-corrected chi connectivity index (χ1v) is 7.23. The molecule has 0 radical (unpaired) electrons. The lowest BCUT2D eigenvalue weighted by atomic mass is 9.78. The predicted octanol–water partition coefficient (Wildman–Crippen LogP) is 3.48. The molecule has 3 N–H and O–H groups in total. The van der Waals surface area contributed by atoms with Gasteiger partial charge in [-0.15, -0.1) is 0 Å². The molecule has 2 rings (SSSR count). The van der Waals surface area contributed by atoms with Gasteiger partial charge < -0.3 is 11.1 Å². The third kappa shape index (κ3) is 3.03. The molecule has 0 aromatic heterocycles. The van der Waals surface area contributed by atoms with Crippen LogP contribution in [0, 0.1) is 11.8 Å². The number of anilines is 1. The molecule has 1 saturated carbocycles. The number of hydrogen-bond donors (Lipinski definition) is 2. The molecule has 1 amide bonds. The summed E-state index contributed by atoms with van der Waals surface area (Å²) >= 11 is 6.07. The summed E-state index contributed by atoms with van der Waals surface area (Å²) in [5.74, 6) is 0.970. The van der Waals surface area contributed by atoms with Gasteiger partial charge in [-0.1, -0.05) is 44.4 Å². The average Bonchev–Trinajstić information content (AvgIpc) is 2.35. The zero-order valence-corrected chi connectivity index (χ0v) is 12.2. The van der Waals surface area contributed by atoms with Crippen LogP contribution in [-0.4, -0.2) is 11.9 Å². The second-order valence-electron chi connectivity index (χ2n) is 5.55. The Balaban J connectivity index is 2.13. The molecule has 19 heavy (non-hydrogen) atoms. The molecule has 3 atom stereocenters. The summed E-state index contributed by atoms with van der Waals surface area (Å²) in [6.45, 7) is 4.44. The summed E-state index contributed by atoms with van der Waals surface area (Å²) in [5, 5.41) is 3.50. The molecule has 4 heteroatoms. The van der Waals surface area contributed by atoms with Gasteiger partial charge in [0.05, 0.1) is 10.6 Å². The van der Waals surface area contributed by atoms with Crippen molar-refractivity contribution in [1.29, 1.82) is 0 Å². The van der Waals surface area contributed by atoms with Crippen LogP contribution >= 0.6 is 11.6 Å². The number of nitrogen functional groups attached to an aromatic ring is 1. The van der Waals surface area contributed by atoms with E-state index in [1.807, 2.05) is 0 Å². The lowest BCUT2D eigenvalue weighted by Crippen LogP contribution is -2.43. The van der Waals surface area contributed by atoms with E-state index in [-0.39, 0.29) is 11.9 Å². The Kier molecular flexibility index (Phi) is 4.35. The molecule has 104 valence electrons. The van der Waals surface area contributed by atoms with Gasteiger partial charge in [0.25, 0.3) is 5.91 Å². The van der Waals surface area contributed by atoms with Crippen LogP contribution in [0.4, 0.5) is 5.69 Å². The van der Waals surface area contributed by atoms with Gasteiger partial charge in [0.2, 0.25) is 0 Å². The fourth-order valence-electron chi connectivity index (χ4n) is 2.81. The summed E-state index contributed by atoms with van der Waals surface area (Å²) in [6.07, 6.45) is 3.43. The van der Waals surface area contributed by atoms with E-state index >= 15 is 0 Å². The van der Waals surface area contributed by atoms with Crippen molar-refractivity contribution in [1.82, 2.24) is 5.32 Å². The highest BCUT2D eigenvalue weighted by Crippen LogP contribution is 2.30. The molecule has 3 nitrogen and oxygen atoms in total. The second-order valence-corrected chi connectivity index (χ2v) is 5.96. The Hall–Kier alpha value is -1.22. The lowest BCUT2D eigenvalue weighted by Gasteiger charge is -2.34. The van der Waals surface area contributed by atoms with Crippen LogP contribution in [0.1, 0.15) is 43.5 Å². The summed E-state index contributed by atoms with van der Waals surface area (Å²) in [6, 6.07) is 5.36. The first-order valence-electron chi connectivity index (χ1n) is 6.85. The third-order valence-corrected chi connectivity index (χ3v) is 4.61. The summed E-state index contributed by atoms with van der Waals surface area (Å²) in [4.78, 5) is 12.3. The Morgan fingerprint density at radius 1 is 1.37 bits per heavy atom. The highest BCUT2D eigenvalue weighted by molar-refractivity contribution is 6.34. The minimum absolute atomic E-state index is 0.158. The number of rotatable bonds is 2. The molecule has 1 aliphatic rings. The molecule has 0 bridgehead atoms. The van der Waals surface area contributed by atoms with Crippen molar-refractivity contribution >= 4 is 23.2 Å². The van der Waals surface area contributed by atoms with Crippen LogP contribution in [0.5, 0.6) is 0 Å². The standard InChI is InChI=1S/C15H21ClN2O/c1-9-5-3-8-13(10(9)2)18-15(19)14-11(16)6-4-7-12(14)17/h4,6-7,9-10,13H,3,5,8,17H2,1-2H3,(H,18,19). The normalized spacial score (nSPS) is 27.0. The number of halogens is 1. The fraction of sp³-hybridized carbons (Fsp3) is 0.533. The summed E-state index contributed by atoms with van der Waals surface area (Å²) < 4.78 is 0. The maximum absolute atomic E-state index is 12.3. The maximum atomic E-state index is 12.3. The zero-order chi connectivity index (χ0) is 14.0. The van der Waals surface area contributed by atoms with E-state index in [1.165, 1.54) is 6.42 Å². The number of carbonyl (C=O) groups is 1. The van der Waals surface area contributed by atoms with Crippen LogP contribution in [0.3, 0.4) is 0 Å². The van der Waals surface area contributed by atoms with Crippen molar-refractivity contribution in [2.24, 2.45) is 11.8 Å². The molecule has 1 aliphatic carbocycles. The predicted molar refractivity (Wildman–Crippen MR) is 79.3 cm³/mol. The molecule has 0 saturated heterocycles. The van der Waals surface area contributed by atoms with Crippen molar-refractivity contribution in [3.63, 3.8) is 0 Å². The number of carbonyl (C=O) groups excluding carboxylic acids is 1. The number of benzene rings is 1. The molecule has 3 unspecified atom stereocenters. The van der Waals surface area contributed by atoms with Crippen molar-refractivity contribution < 1.29 is 4.79 Å². The summed E-state index contributed by atoms with van der Waals surface area (Å²) in [5.41, 5.74) is 6.67. The minimum Gasteiger partial charge on any atom is -0.398 e. The third-order valence-electron chi connectivity index (χ3n) is 4.30. The first-order chi connectivity index (χ1) is 9.00. The van der Waals surface area contributed by atoms with Gasteiger partial charge in [0, 0.05) is 11.7 Å². The largest absolute Gasteiger partial charge is 0.398 e. The number of hydrogen-bond acceptors (Lipinski definition) is 2. The van der Waals surface area contributed by atoms with Crippen LogP contribution in [0.2, 0.25) is 5.02 Å². The fourth-order valence-corrected chi connectivity index (χ4v) is 3.07. The molecule has 0 heterocycles. The Morgan fingerprint density at radius 2 is 2.11 bits per heavy atom. The highest BCUT2D eigenvalue weighted by atomic mass is 35.5. The van der Waals surface area contributed by atoms with E-state index in [0.717, 1.165) is 12.8 Å². The number of nitrogens with one attached hydrogen (secondary N) is 1. The van der Waals surface area contributed by atoms with Crippen molar-refractivity contribution in [2.45, 2.75) is 39.2 Å². The van der Waals surface area contributed by atoms with E-state index in [0.29, 0.717) is 28.1 Å². The average molecular weight is 281 g/mol. The molecule has 0 spiro atoms. The molecule has 0 aliphatic heterocycles. The highest BCUT2D eigenvalue weighted by Gasteiger charge is 2.29. The molecule has 1 aromatic rings. The van der Waals surface area contributed by atoms with Crippen LogP contribution in [0.25, 0.3) is 0 Å². The van der Waals surface area contributed by atoms with Gasteiger partial charge in [0.1, 0.15) is 0 Å². The van der Waals surface area contributed by atoms with Gasteiger partial charge in [-0.2, -0.15) is 0 Å². The van der Waals surface area contributed by atoms with Gasteiger partial charge in [0.15, 0.2) is 0 Å². The van der Waals surface area contributed by atoms with E-state index < -0.39 is 0 Å². The van der Waals surface area contributed by atoms with E-state index in [1.54, 1.807) is 18.2 Å². The number of nitrogens with two attached hydrogens (primary N) is 1. The van der Waals surface area contributed by atoms with Crippen molar-refractivity contribution in [3.8, 4) is 0 Å². The Bertz CT molecular complexity index is 455. The minimum atomic E-state index is -0.158. The van der Waals surface area contributed by atoms with Gasteiger partial charge in [-0.05, 0) is 30.4 Å². The zero-order valence-electron chi connectivity index (χ0n) is 11.4. The van der Waals surface area contributed by atoms with Crippen molar-refractivity contribution in [3.05, 3.63) is 28.8 Å². The van der Waals surface area contributed by atoms with Gasteiger partial charge in [-0.25, -0.2) is 0 Å². The number of amides is 1. The Morgan fingerprint density at radius 3 is 2.79 bits per heavy atom. The second kappa shape index (κ2) is 5.83. The SMILES string of the molecule is CC1CCCC(NC(=O)c2c(N)cccc2Cl)C1C. The van der Waals surface area contributed by atoms with Gasteiger partial charge >= 0.3 is 0 Å². The smallest absolute Gasteiger partial charge is 0.255 e. The van der Waals surface area contributed by atoms with E-state index in [4.69, 9.17) is 17.3 Å². The lowest BCUT2D eigenvalue weighted by molar-refractivity contribution is 0.0892. The quantitative estimate of drug-likeness (QED) is 0.815. The maximum Gasteiger partial charge on any atom is 0.255 e. The monoisotopic (exact) mass is 280 g/mol. The molecule has 1 fully saturated rings. The molecular formula is C15H21ClN2O. The van der Waals surface area contributed by atoms with E-state index in [9.17, 15) is 4.79 Å². The van der Waals surface area contributed by atoms with Crippen molar-refractivity contribution in [2.75, 3.05) is 5.73 Å².